The van der Waals surface area contributed by atoms with Gasteiger partial charge in [-0.3, -0.25) is 0 Å². The molecule has 0 unspecified atom stereocenters. The fraction of sp³-hybridized carbons (Fsp3) is 0.571. The molecule has 0 heterocycles. The fourth-order valence-electron chi connectivity index (χ4n) is 5.82. The van der Waals surface area contributed by atoms with Gasteiger partial charge in [0.15, 0.2) is 0 Å². The molecule has 162 valence electrons. The molecule has 2 aromatic carbocycles. The van der Waals surface area contributed by atoms with Crippen LogP contribution in [-0.2, 0) is 13.1 Å². The highest BCUT2D eigenvalue weighted by Crippen LogP contribution is 2.34. The first-order chi connectivity index (χ1) is 14.9. The zero-order chi connectivity index (χ0) is 20.4. The van der Waals surface area contributed by atoms with Gasteiger partial charge >= 0.3 is 0 Å². The summed E-state index contributed by atoms with van der Waals surface area (Å²) in [5.41, 5.74) is 2.81. The first-order valence-corrected chi connectivity index (χ1v) is 12.4. The maximum absolute atomic E-state index is 4.08. The summed E-state index contributed by atoms with van der Waals surface area (Å²) in [6, 6.07) is 23.1. The molecule has 30 heavy (non-hydrogen) atoms. The van der Waals surface area contributed by atoms with E-state index in [0.717, 1.165) is 24.9 Å². The molecule has 2 atom stereocenters. The van der Waals surface area contributed by atoms with Crippen LogP contribution >= 0.6 is 0 Å². The van der Waals surface area contributed by atoms with Crippen molar-refractivity contribution in [3.63, 3.8) is 0 Å². The minimum absolute atomic E-state index is 0.567. The molecule has 0 aromatic heterocycles. The topological polar surface area (TPSA) is 24.1 Å². The first-order valence-electron chi connectivity index (χ1n) is 12.4. The molecule has 0 spiro atoms. The highest BCUT2D eigenvalue weighted by Gasteiger charge is 2.35. The molecule has 0 radical (unpaired) electrons. The monoisotopic (exact) mass is 404 g/mol. The summed E-state index contributed by atoms with van der Waals surface area (Å²) in [6.45, 7) is 1.97. The van der Waals surface area contributed by atoms with Crippen molar-refractivity contribution in [1.82, 2.24) is 10.6 Å². The van der Waals surface area contributed by atoms with Gasteiger partial charge in [-0.2, -0.15) is 0 Å². The lowest BCUT2D eigenvalue weighted by atomic mass is 9.74. The average Bonchev–Trinajstić information content (AvgIpc) is 2.83. The molecular formula is C28H40N2. The van der Waals surface area contributed by atoms with Gasteiger partial charge in [0.1, 0.15) is 0 Å². The second-order valence-electron chi connectivity index (χ2n) is 9.58. The number of rotatable bonds is 9. The second-order valence-corrected chi connectivity index (χ2v) is 9.58. The van der Waals surface area contributed by atoms with Gasteiger partial charge in [-0.15, -0.1) is 0 Å². The molecule has 2 N–H and O–H groups in total. The number of benzene rings is 2. The van der Waals surface area contributed by atoms with Crippen LogP contribution < -0.4 is 10.6 Å². The Morgan fingerprint density at radius 3 is 1.27 bits per heavy atom. The summed E-state index contributed by atoms with van der Waals surface area (Å²) in [6.07, 6.45) is 14.0. The Kier molecular flexibility index (Phi) is 8.40. The third-order valence-corrected chi connectivity index (χ3v) is 7.47. The van der Waals surface area contributed by atoms with E-state index in [1.807, 2.05) is 0 Å². The molecule has 4 rings (SSSR count). The molecule has 2 nitrogen and oxygen atoms in total. The Morgan fingerprint density at radius 1 is 0.533 bits per heavy atom. The summed E-state index contributed by atoms with van der Waals surface area (Å²) >= 11 is 0. The van der Waals surface area contributed by atoms with E-state index in [2.05, 4.69) is 71.3 Å². The van der Waals surface area contributed by atoms with Crippen molar-refractivity contribution in [2.75, 3.05) is 0 Å². The average molecular weight is 405 g/mol. The highest BCUT2D eigenvalue weighted by atomic mass is 15.0. The molecule has 0 aliphatic heterocycles. The van der Waals surface area contributed by atoms with Crippen molar-refractivity contribution in [1.29, 1.82) is 0 Å². The normalized spacial score (nSPS) is 20.7. The van der Waals surface area contributed by atoms with Crippen molar-refractivity contribution < 1.29 is 0 Å². The SMILES string of the molecule is c1ccc(CN[C@H](C2CCCCC2)[C@@H](NCc2ccccc2)C2CCCCC2)cc1. The van der Waals surface area contributed by atoms with E-state index in [4.69, 9.17) is 0 Å². The Hall–Kier alpha value is -1.64. The van der Waals surface area contributed by atoms with Gasteiger partial charge in [0.2, 0.25) is 0 Å². The Bertz CT molecular complexity index is 638. The molecule has 0 saturated heterocycles. The lowest BCUT2D eigenvalue weighted by Crippen LogP contribution is -2.55. The van der Waals surface area contributed by atoms with Gasteiger partial charge in [0, 0.05) is 25.2 Å². The highest BCUT2D eigenvalue weighted by molar-refractivity contribution is 5.16. The smallest absolute Gasteiger partial charge is 0.0255 e. The standard InChI is InChI=1S/C28H40N2/c1-5-13-23(14-6-1)21-29-27(25-17-9-3-10-18-25)28(26-19-11-4-12-20-26)30-22-24-15-7-2-8-16-24/h1-2,5-8,13-16,25-30H,3-4,9-12,17-22H2/t27-,28+. The van der Waals surface area contributed by atoms with E-state index in [1.165, 1.54) is 75.3 Å². The van der Waals surface area contributed by atoms with E-state index >= 15 is 0 Å². The van der Waals surface area contributed by atoms with Gasteiger partial charge in [-0.1, -0.05) is 99.2 Å². The van der Waals surface area contributed by atoms with Gasteiger partial charge in [0.25, 0.3) is 0 Å². The number of nitrogens with one attached hydrogen (secondary N) is 2. The van der Waals surface area contributed by atoms with Crippen LogP contribution in [0.15, 0.2) is 60.7 Å². The quantitative estimate of drug-likeness (QED) is 0.501. The first kappa shape index (κ1) is 21.6. The molecule has 2 fully saturated rings. The number of hydrogen-bond acceptors (Lipinski definition) is 2. The van der Waals surface area contributed by atoms with E-state index in [9.17, 15) is 0 Å². The van der Waals surface area contributed by atoms with Crippen molar-refractivity contribution in [2.45, 2.75) is 89.4 Å². The van der Waals surface area contributed by atoms with Gasteiger partial charge in [-0.25, -0.2) is 0 Å². The zero-order valence-electron chi connectivity index (χ0n) is 18.6. The molecule has 2 aliphatic carbocycles. The number of hydrogen-bond donors (Lipinski definition) is 2. The minimum Gasteiger partial charge on any atom is -0.308 e. The largest absolute Gasteiger partial charge is 0.308 e. The lowest BCUT2D eigenvalue weighted by Gasteiger charge is -2.42. The predicted molar refractivity (Wildman–Crippen MR) is 127 cm³/mol. The molecule has 2 saturated carbocycles. The molecular weight excluding hydrogens is 364 g/mol. The summed E-state index contributed by atoms with van der Waals surface area (Å²) in [7, 11) is 0. The van der Waals surface area contributed by atoms with Gasteiger partial charge in [0.05, 0.1) is 0 Å². The van der Waals surface area contributed by atoms with Crippen LogP contribution in [0.5, 0.6) is 0 Å². The van der Waals surface area contributed by atoms with Crippen LogP contribution in [0.2, 0.25) is 0 Å². The maximum Gasteiger partial charge on any atom is 0.0255 e. The Labute approximate surface area is 183 Å². The molecule has 0 amide bonds. The van der Waals surface area contributed by atoms with Crippen LogP contribution in [0.3, 0.4) is 0 Å². The van der Waals surface area contributed by atoms with E-state index in [0.29, 0.717) is 12.1 Å². The summed E-state index contributed by atoms with van der Waals surface area (Å²) in [5, 5.41) is 8.15. The zero-order valence-corrected chi connectivity index (χ0v) is 18.6. The van der Waals surface area contributed by atoms with Crippen molar-refractivity contribution in [2.24, 2.45) is 11.8 Å². The van der Waals surface area contributed by atoms with Crippen LogP contribution in [-0.4, -0.2) is 12.1 Å². The van der Waals surface area contributed by atoms with E-state index in [1.54, 1.807) is 0 Å². The third-order valence-electron chi connectivity index (χ3n) is 7.47. The van der Waals surface area contributed by atoms with Crippen molar-refractivity contribution in [3.8, 4) is 0 Å². The van der Waals surface area contributed by atoms with Gasteiger partial charge < -0.3 is 10.6 Å². The van der Waals surface area contributed by atoms with Crippen molar-refractivity contribution >= 4 is 0 Å². The molecule has 2 aromatic rings. The lowest BCUT2D eigenvalue weighted by molar-refractivity contribution is 0.155. The van der Waals surface area contributed by atoms with Gasteiger partial charge in [-0.05, 0) is 48.6 Å². The van der Waals surface area contributed by atoms with E-state index in [-0.39, 0.29) is 0 Å². The summed E-state index contributed by atoms with van der Waals surface area (Å²) < 4.78 is 0. The Morgan fingerprint density at radius 2 is 0.900 bits per heavy atom. The molecule has 2 aliphatic rings. The summed E-state index contributed by atoms with van der Waals surface area (Å²) in [4.78, 5) is 0. The van der Waals surface area contributed by atoms with Crippen molar-refractivity contribution in [3.05, 3.63) is 71.8 Å². The second kappa shape index (κ2) is 11.7. The third kappa shape index (κ3) is 6.18. The fourth-order valence-corrected chi connectivity index (χ4v) is 5.82. The molecule has 2 heteroatoms. The minimum atomic E-state index is 0.567. The predicted octanol–water partition coefficient (Wildman–Crippen LogP) is 6.46. The van der Waals surface area contributed by atoms with Crippen LogP contribution in [0.4, 0.5) is 0 Å². The van der Waals surface area contributed by atoms with Crippen LogP contribution in [0.1, 0.15) is 75.3 Å². The maximum atomic E-state index is 4.08. The van der Waals surface area contributed by atoms with Crippen LogP contribution in [0, 0.1) is 11.8 Å². The van der Waals surface area contributed by atoms with Crippen LogP contribution in [0.25, 0.3) is 0 Å². The molecule has 0 bridgehead atoms. The van der Waals surface area contributed by atoms with E-state index < -0.39 is 0 Å². The summed E-state index contributed by atoms with van der Waals surface area (Å²) in [5.74, 6) is 1.61. The Balaban J connectivity index is 1.51.